The van der Waals surface area contributed by atoms with Gasteiger partial charge in [0, 0.05) is 11.2 Å². The number of rotatable bonds is 5. The number of carbonyl (C=O) groups excluding carboxylic acids is 1. The van der Waals surface area contributed by atoms with Crippen molar-refractivity contribution in [1.29, 1.82) is 0 Å². The molecule has 4 heteroatoms. The lowest BCUT2D eigenvalue weighted by Crippen LogP contribution is -2.30. The molecule has 0 aliphatic rings. The van der Waals surface area contributed by atoms with Crippen LogP contribution in [0.25, 0.3) is 6.08 Å². The van der Waals surface area contributed by atoms with Crippen LogP contribution in [-0.2, 0) is 9.53 Å². The molecule has 0 saturated heterocycles. The van der Waals surface area contributed by atoms with Crippen molar-refractivity contribution in [2.24, 2.45) is 0 Å². The van der Waals surface area contributed by atoms with Gasteiger partial charge < -0.3 is 10.1 Å². The highest BCUT2D eigenvalue weighted by Gasteiger charge is 2.16. The van der Waals surface area contributed by atoms with Gasteiger partial charge in [-0.15, -0.1) is 0 Å². The van der Waals surface area contributed by atoms with Crippen LogP contribution in [0, 0.1) is 0 Å². The molecule has 0 radical (unpaired) electrons. The number of nitrogens with one attached hydrogen (secondary N) is 1. The van der Waals surface area contributed by atoms with Crippen molar-refractivity contribution in [2.45, 2.75) is 32.9 Å². The third-order valence-corrected chi connectivity index (χ3v) is 2.41. The molecule has 0 aliphatic carbocycles. The normalized spacial score (nSPS) is 12.7. The first kappa shape index (κ1) is 14.6. The number of halogens is 1. The lowest BCUT2D eigenvalue weighted by molar-refractivity contribution is -0.147. The van der Waals surface area contributed by atoms with E-state index in [4.69, 9.17) is 16.3 Å². The van der Waals surface area contributed by atoms with Gasteiger partial charge in [0.2, 0.25) is 0 Å². The first-order valence-corrected chi connectivity index (χ1v) is 6.31. The van der Waals surface area contributed by atoms with Gasteiger partial charge in [-0.3, -0.25) is 0 Å². The van der Waals surface area contributed by atoms with E-state index in [1.807, 2.05) is 38.1 Å². The van der Waals surface area contributed by atoms with Crippen molar-refractivity contribution in [3.05, 3.63) is 35.4 Å². The van der Waals surface area contributed by atoms with Crippen LogP contribution in [0.4, 0.5) is 5.69 Å². The molecule has 1 aromatic rings. The number of benzene rings is 1. The van der Waals surface area contributed by atoms with Crippen molar-refractivity contribution in [2.75, 3.05) is 5.32 Å². The molecule has 0 bridgehead atoms. The number of para-hydroxylation sites is 1. The highest BCUT2D eigenvalue weighted by molar-refractivity contribution is 6.27. The van der Waals surface area contributed by atoms with Crippen LogP contribution in [0.2, 0.25) is 0 Å². The highest BCUT2D eigenvalue weighted by atomic mass is 35.5. The fourth-order valence-corrected chi connectivity index (χ4v) is 1.60. The van der Waals surface area contributed by atoms with Gasteiger partial charge in [-0.1, -0.05) is 29.8 Å². The number of hydrogen-bond donors (Lipinski definition) is 1. The Morgan fingerprint density at radius 3 is 2.61 bits per heavy atom. The molecule has 0 heterocycles. The fraction of sp³-hybridized carbons (Fsp3) is 0.357. The lowest BCUT2D eigenvalue weighted by atomic mass is 10.1. The molecule has 0 amide bonds. The molecule has 0 aromatic heterocycles. The van der Waals surface area contributed by atoms with Crippen molar-refractivity contribution < 1.29 is 9.53 Å². The molecule has 18 heavy (non-hydrogen) atoms. The Kier molecular flexibility index (Phi) is 5.72. The average Bonchev–Trinajstić information content (AvgIpc) is 2.31. The Labute approximate surface area is 113 Å². The average molecular weight is 268 g/mol. The minimum atomic E-state index is -0.405. The zero-order valence-electron chi connectivity index (χ0n) is 10.8. The molecule has 1 N–H and O–H groups in total. The highest BCUT2D eigenvalue weighted by Crippen LogP contribution is 2.18. The van der Waals surface area contributed by atoms with E-state index in [0.29, 0.717) is 0 Å². The Morgan fingerprint density at radius 2 is 2.00 bits per heavy atom. The Balaban J connectivity index is 2.75. The second-order valence-electron chi connectivity index (χ2n) is 4.23. The first-order chi connectivity index (χ1) is 8.54. The maximum atomic E-state index is 11.7. The van der Waals surface area contributed by atoms with Gasteiger partial charge in [0.25, 0.3) is 0 Å². The topological polar surface area (TPSA) is 38.3 Å². The molecule has 1 unspecified atom stereocenters. The fourth-order valence-electron chi connectivity index (χ4n) is 1.47. The van der Waals surface area contributed by atoms with Gasteiger partial charge in [-0.2, -0.15) is 0 Å². The smallest absolute Gasteiger partial charge is 0.328 e. The van der Waals surface area contributed by atoms with Crippen molar-refractivity contribution in [3.63, 3.8) is 0 Å². The number of anilines is 1. The van der Waals surface area contributed by atoms with E-state index in [-0.39, 0.29) is 12.1 Å². The molecular weight excluding hydrogens is 250 g/mol. The van der Waals surface area contributed by atoms with Gasteiger partial charge in [0.05, 0.1) is 6.10 Å². The summed E-state index contributed by atoms with van der Waals surface area (Å²) < 4.78 is 5.14. The molecule has 98 valence electrons. The first-order valence-electron chi connectivity index (χ1n) is 5.87. The van der Waals surface area contributed by atoms with E-state index in [0.717, 1.165) is 11.3 Å². The minimum absolute atomic E-state index is 0.111. The van der Waals surface area contributed by atoms with E-state index in [1.165, 1.54) is 5.54 Å². The van der Waals surface area contributed by atoms with E-state index in [9.17, 15) is 4.79 Å². The molecule has 1 rings (SSSR count). The number of esters is 1. The van der Waals surface area contributed by atoms with Gasteiger partial charge in [-0.05, 0) is 38.5 Å². The molecule has 1 aromatic carbocycles. The van der Waals surface area contributed by atoms with E-state index in [2.05, 4.69) is 5.32 Å². The molecule has 0 fully saturated rings. The zero-order valence-corrected chi connectivity index (χ0v) is 11.6. The summed E-state index contributed by atoms with van der Waals surface area (Å²) in [5.74, 6) is -0.269. The van der Waals surface area contributed by atoms with Crippen molar-refractivity contribution in [3.8, 4) is 0 Å². The summed E-state index contributed by atoms with van der Waals surface area (Å²) in [6.45, 7) is 5.43. The summed E-state index contributed by atoms with van der Waals surface area (Å²) in [6, 6.07) is 7.22. The van der Waals surface area contributed by atoms with Crippen LogP contribution in [0.1, 0.15) is 26.3 Å². The molecular formula is C14H18ClNO2. The summed E-state index contributed by atoms with van der Waals surface area (Å²) in [5, 5.41) is 3.12. The summed E-state index contributed by atoms with van der Waals surface area (Å²) in [5.41, 5.74) is 3.22. The Hall–Kier alpha value is -1.48. The number of hydrogen-bond acceptors (Lipinski definition) is 3. The van der Waals surface area contributed by atoms with Gasteiger partial charge in [-0.25, -0.2) is 4.79 Å². The quantitative estimate of drug-likeness (QED) is 0.828. The monoisotopic (exact) mass is 267 g/mol. The predicted octanol–water partition coefficient (Wildman–Crippen LogP) is 3.65. The largest absolute Gasteiger partial charge is 0.461 e. The summed E-state index contributed by atoms with van der Waals surface area (Å²) in [4.78, 5) is 11.7. The maximum Gasteiger partial charge on any atom is 0.328 e. The lowest BCUT2D eigenvalue weighted by Gasteiger charge is -2.17. The van der Waals surface area contributed by atoms with E-state index < -0.39 is 6.04 Å². The minimum Gasteiger partial charge on any atom is -0.461 e. The molecule has 0 aliphatic heterocycles. The van der Waals surface area contributed by atoms with Crippen LogP contribution in [-0.4, -0.2) is 18.1 Å². The van der Waals surface area contributed by atoms with Gasteiger partial charge in [0.15, 0.2) is 0 Å². The summed E-state index contributed by atoms with van der Waals surface area (Å²) >= 11 is 5.58. The van der Waals surface area contributed by atoms with E-state index >= 15 is 0 Å². The van der Waals surface area contributed by atoms with Gasteiger partial charge >= 0.3 is 5.97 Å². The van der Waals surface area contributed by atoms with Crippen molar-refractivity contribution >= 4 is 29.3 Å². The molecule has 1 atom stereocenters. The third kappa shape index (κ3) is 4.41. The second-order valence-corrected chi connectivity index (χ2v) is 4.48. The van der Waals surface area contributed by atoms with Crippen molar-refractivity contribution in [1.82, 2.24) is 0 Å². The number of carbonyl (C=O) groups is 1. The SMILES string of the molecule is CC(C)OC(=O)C(C)Nc1ccccc1/C=C\Cl. The third-order valence-electron chi connectivity index (χ3n) is 2.28. The van der Waals surface area contributed by atoms with Crippen LogP contribution in [0.3, 0.4) is 0 Å². The molecule has 3 nitrogen and oxygen atoms in total. The zero-order chi connectivity index (χ0) is 13.5. The van der Waals surface area contributed by atoms with Crippen LogP contribution < -0.4 is 5.32 Å². The molecule has 0 saturated carbocycles. The predicted molar refractivity (Wildman–Crippen MR) is 75.6 cm³/mol. The Morgan fingerprint density at radius 1 is 1.33 bits per heavy atom. The van der Waals surface area contributed by atoms with E-state index in [1.54, 1.807) is 13.0 Å². The Bertz CT molecular complexity index is 430. The van der Waals surface area contributed by atoms with Crippen LogP contribution in [0.15, 0.2) is 29.8 Å². The van der Waals surface area contributed by atoms with Gasteiger partial charge in [0.1, 0.15) is 6.04 Å². The summed E-state index contributed by atoms with van der Waals surface area (Å²) in [7, 11) is 0. The number of ether oxygens (including phenoxy) is 1. The second kappa shape index (κ2) is 7.07. The van der Waals surface area contributed by atoms with Crippen LogP contribution >= 0.6 is 11.6 Å². The molecule has 0 spiro atoms. The standard InChI is InChI=1S/C14H18ClNO2/c1-10(2)18-14(17)11(3)16-13-7-5-4-6-12(13)8-9-15/h4-11,16H,1-3H3/b9-8-. The van der Waals surface area contributed by atoms with Crippen LogP contribution in [0.5, 0.6) is 0 Å². The summed E-state index contributed by atoms with van der Waals surface area (Å²) in [6.07, 6.45) is 1.66. The maximum absolute atomic E-state index is 11.7.